The predicted octanol–water partition coefficient (Wildman–Crippen LogP) is 1.86. The summed E-state index contributed by atoms with van der Waals surface area (Å²) in [5, 5.41) is 0.839. The number of fused-ring (bicyclic) bond motifs is 1. The summed E-state index contributed by atoms with van der Waals surface area (Å²) in [6.07, 6.45) is 0. The molecule has 0 aliphatic carbocycles. The van der Waals surface area contributed by atoms with Crippen molar-refractivity contribution >= 4 is 16.9 Å². The van der Waals surface area contributed by atoms with E-state index in [4.69, 9.17) is 9.15 Å². The van der Waals surface area contributed by atoms with Crippen LogP contribution in [0.25, 0.3) is 11.0 Å². The molecule has 0 saturated heterocycles. The largest absolute Gasteiger partial charge is 0.461 e. The third-order valence-corrected chi connectivity index (χ3v) is 2.13. The molecule has 4 nitrogen and oxygen atoms in total. The maximum atomic E-state index is 11.0. The van der Waals surface area contributed by atoms with E-state index in [1.54, 1.807) is 12.1 Å². The zero-order valence-corrected chi connectivity index (χ0v) is 8.73. The smallest absolute Gasteiger partial charge is 0.336 e. The van der Waals surface area contributed by atoms with Crippen LogP contribution in [0.1, 0.15) is 12.5 Å². The number of hydrogen-bond acceptors (Lipinski definition) is 4. The first-order chi connectivity index (χ1) is 7.65. The van der Waals surface area contributed by atoms with Gasteiger partial charge in [0.1, 0.15) is 12.2 Å². The second-order valence-corrected chi connectivity index (χ2v) is 3.41. The van der Waals surface area contributed by atoms with Crippen molar-refractivity contribution in [3.05, 3.63) is 46.3 Å². The van der Waals surface area contributed by atoms with Crippen LogP contribution in [0.4, 0.5) is 0 Å². The van der Waals surface area contributed by atoms with Gasteiger partial charge in [-0.1, -0.05) is 12.1 Å². The summed E-state index contributed by atoms with van der Waals surface area (Å²) in [4.78, 5) is 21.6. The van der Waals surface area contributed by atoms with Crippen LogP contribution in [0.5, 0.6) is 0 Å². The van der Waals surface area contributed by atoms with Gasteiger partial charge >= 0.3 is 11.6 Å². The number of hydrogen-bond donors (Lipinski definition) is 0. The molecule has 0 aliphatic rings. The molecular formula is C12H10O4. The average Bonchev–Trinajstić information content (AvgIpc) is 2.25. The lowest BCUT2D eigenvalue weighted by Gasteiger charge is -2.02. The van der Waals surface area contributed by atoms with Gasteiger partial charge in [-0.05, 0) is 17.7 Å². The first-order valence-corrected chi connectivity index (χ1v) is 4.81. The van der Waals surface area contributed by atoms with E-state index in [-0.39, 0.29) is 12.6 Å². The average molecular weight is 218 g/mol. The van der Waals surface area contributed by atoms with Crippen molar-refractivity contribution in [2.45, 2.75) is 13.5 Å². The third-order valence-electron chi connectivity index (χ3n) is 2.13. The third kappa shape index (κ3) is 2.28. The van der Waals surface area contributed by atoms with Crippen LogP contribution in [-0.4, -0.2) is 5.97 Å². The van der Waals surface area contributed by atoms with E-state index in [1.807, 2.05) is 12.1 Å². The SMILES string of the molecule is CC(=O)OCc1ccc2ccc(=O)oc2c1. The molecular weight excluding hydrogens is 208 g/mol. The summed E-state index contributed by atoms with van der Waals surface area (Å²) in [6.45, 7) is 1.53. The zero-order chi connectivity index (χ0) is 11.5. The van der Waals surface area contributed by atoms with E-state index >= 15 is 0 Å². The molecule has 0 saturated carbocycles. The van der Waals surface area contributed by atoms with Crippen molar-refractivity contribution in [2.24, 2.45) is 0 Å². The summed E-state index contributed by atoms with van der Waals surface area (Å²) in [6, 6.07) is 8.40. The molecule has 16 heavy (non-hydrogen) atoms. The molecule has 82 valence electrons. The van der Waals surface area contributed by atoms with E-state index in [9.17, 15) is 9.59 Å². The van der Waals surface area contributed by atoms with Crippen LogP contribution in [0.2, 0.25) is 0 Å². The van der Waals surface area contributed by atoms with Crippen LogP contribution in [0, 0.1) is 0 Å². The maximum absolute atomic E-state index is 11.0. The molecule has 0 bridgehead atoms. The molecule has 1 heterocycles. The summed E-state index contributed by atoms with van der Waals surface area (Å²) in [7, 11) is 0. The second kappa shape index (κ2) is 4.18. The Balaban J connectivity index is 2.35. The van der Waals surface area contributed by atoms with Gasteiger partial charge in [-0.15, -0.1) is 0 Å². The topological polar surface area (TPSA) is 56.5 Å². The molecule has 0 spiro atoms. The maximum Gasteiger partial charge on any atom is 0.336 e. The molecule has 0 atom stereocenters. The fraction of sp³-hybridized carbons (Fsp3) is 0.167. The summed E-state index contributed by atoms with van der Waals surface area (Å²) in [5.74, 6) is -0.338. The Morgan fingerprint density at radius 2 is 2.06 bits per heavy atom. The highest BCUT2D eigenvalue weighted by atomic mass is 16.5. The fourth-order valence-electron chi connectivity index (χ4n) is 1.38. The van der Waals surface area contributed by atoms with Crippen LogP contribution in [0.3, 0.4) is 0 Å². The Morgan fingerprint density at radius 1 is 1.31 bits per heavy atom. The molecule has 0 fully saturated rings. The van der Waals surface area contributed by atoms with Gasteiger partial charge in [0, 0.05) is 18.4 Å². The lowest BCUT2D eigenvalue weighted by atomic mass is 10.1. The van der Waals surface area contributed by atoms with Crippen molar-refractivity contribution in [3.8, 4) is 0 Å². The molecule has 0 unspecified atom stereocenters. The van der Waals surface area contributed by atoms with Crippen LogP contribution in [-0.2, 0) is 16.1 Å². The number of carbonyl (C=O) groups excluding carboxylic acids is 1. The van der Waals surface area contributed by atoms with Crippen molar-refractivity contribution in [2.75, 3.05) is 0 Å². The van der Waals surface area contributed by atoms with E-state index in [0.717, 1.165) is 10.9 Å². The van der Waals surface area contributed by atoms with Crippen molar-refractivity contribution in [1.29, 1.82) is 0 Å². The number of benzene rings is 1. The monoisotopic (exact) mass is 218 g/mol. The number of esters is 1. The Kier molecular flexibility index (Phi) is 2.72. The Labute approximate surface area is 91.4 Å². The van der Waals surface area contributed by atoms with E-state index in [2.05, 4.69) is 0 Å². The minimum absolute atomic E-state index is 0.184. The minimum Gasteiger partial charge on any atom is -0.461 e. The summed E-state index contributed by atoms with van der Waals surface area (Å²) in [5.41, 5.74) is 0.895. The van der Waals surface area contributed by atoms with Crippen LogP contribution >= 0.6 is 0 Å². The van der Waals surface area contributed by atoms with Gasteiger partial charge in [-0.3, -0.25) is 4.79 Å². The molecule has 0 aliphatic heterocycles. The highest BCUT2D eigenvalue weighted by molar-refractivity contribution is 5.76. The highest BCUT2D eigenvalue weighted by Gasteiger charge is 2.01. The summed E-state index contributed by atoms with van der Waals surface area (Å²) >= 11 is 0. The molecule has 0 amide bonds. The lowest BCUT2D eigenvalue weighted by molar-refractivity contribution is -0.142. The molecule has 2 aromatic rings. The quantitative estimate of drug-likeness (QED) is 0.570. The van der Waals surface area contributed by atoms with Crippen LogP contribution < -0.4 is 5.63 Å². The molecule has 2 rings (SSSR count). The minimum atomic E-state index is -0.392. The van der Waals surface area contributed by atoms with Gasteiger partial charge in [-0.2, -0.15) is 0 Å². The number of ether oxygens (including phenoxy) is 1. The molecule has 4 heteroatoms. The van der Waals surface area contributed by atoms with E-state index < -0.39 is 5.63 Å². The van der Waals surface area contributed by atoms with E-state index in [0.29, 0.717) is 5.58 Å². The Bertz CT molecular complexity index is 583. The first-order valence-electron chi connectivity index (χ1n) is 4.81. The Morgan fingerprint density at radius 3 is 2.81 bits per heavy atom. The predicted molar refractivity (Wildman–Crippen MR) is 58.0 cm³/mol. The van der Waals surface area contributed by atoms with Gasteiger partial charge in [0.15, 0.2) is 0 Å². The highest BCUT2D eigenvalue weighted by Crippen LogP contribution is 2.14. The van der Waals surface area contributed by atoms with Gasteiger partial charge in [0.05, 0.1) is 0 Å². The molecule has 1 aromatic carbocycles. The van der Waals surface area contributed by atoms with Crippen LogP contribution in [0.15, 0.2) is 39.5 Å². The number of rotatable bonds is 2. The molecule has 0 radical (unpaired) electrons. The first kappa shape index (κ1) is 10.4. The normalized spacial score (nSPS) is 10.3. The molecule has 1 aromatic heterocycles. The zero-order valence-electron chi connectivity index (χ0n) is 8.73. The summed E-state index contributed by atoms with van der Waals surface area (Å²) < 4.78 is 9.86. The van der Waals surface area contributed by atoms with Gasteiger partial charge in [0.2, 0.25) is 0 Å². The van der Waals surface area contributed by atoms with Crippen molar-refractivity contribution in [1.82, 2.24) is 0 Å². The van der Waals surface area contributed by atoms with E-state index in [1.165, 1.54) is 13.0 Å². The van der Waals surface area contributed by atoms with Gasteiger partial charge < -0.3 is 9.15 Å². The van der Waals surface area contributed by atoms with Gasteiger partial charge in [0.25, 0.3) is 0 Å². The second-order valence-electron chi connectivity index (χ2n) is 3.41. The van der Waals surface area contributed by atoms with Crippen molar-refractivity contribution in [3.63, 3.8) is 0 Å². The van der Waals surface area contributed by atoms with Gasteiger partial charge in [-0.25, -0.2) is 4.79 Å². The fourth-order valence-corrected chi connectivity index (χ4v) is 1.38. The molecule has 0 N–H and O–H groups in total. The lowest BCUT2D eigenvalue weighted by Crippen LogP contribution is -1.99. The number of carbonyl (C=O) groups is 1. The Hall–Kier alpha value is -2.10. The standard InChI is InChI=1S/C12H10O4/c1-8(13)15-7-9-2-3-10-4-5-12(14)16-11(10)6-9/h2-6H,7H2,1H3. The van der Waals surface area contributed by atoms with Crippen molar-refractivity contribution < 1.29 is 13.9 Å².